The molecule has 1 aromatic carbocycles. The van der Waals surface area contributed by atoms with E-state index in [0.29, 0.717) is 24.6 Å². The number of rotatable bonds is 3. The number of nitrogens with zero attached hydrogens (tertiary/aromatic N) is 2. The van der Waals surface area contributed by atoms with Gasteiger partial charge in [-0.3, -0.25) is 0 Å². The van der Waals surface area contributed by atoms with Crippen molar-refractivity contribution in [3.05, 3.63) is 35.4 Å². The van der Waals surface area contributed by atoms with Crippen LogP contribution in [0.15, 0.2) is 24.3 Å². The van der Waals surface area contributed by atoms with Crippen LogP contribution in [-0.4, -0.2) is 25.8 Å². The molecule has 0 saturated carbocycles. The molecule has 1 atom stereocenters. The Bertz CT molecular complexity index is 572. The molecule has 1 aromatic rings. The molecule has 1 aliphatic heterocycles. The van der Waals surface area contributed by atoms with Gasteiger partial charge in [-0.2, -0.15) is 5.26 Å². The summed E-state index contributed by atoms with van der Waals surface area (Å²) in [6.45, 7) is 3.34. The zero-order valence-corrected chi connectivity index (χ0v) is 11.9. The van der Waals surface area contributed by atoms with Crippen molar-refractivity contribution in [1.29, 1.82) is 5.26 Å². The van der Waals surface area contributed by atoms with Crippen LogP contribution in [0.1, 0.15) is 30.9 Å². The maximum atomic E-state index is 12.3. The summed E-state index contributed by atoms with van der Waals surface area (Å²) in [5, 5.41) is 8.72. The highest BCUT2D eigenvalue weighted by Gasteiger charge is 2.27. The Balaban J connectivity index is 2.09. The molecule has 19 heavy (non-hydrogen) atoms. The highest BCUT2D eigenvalue weighted by Crippen LogP contribution is 2.20. The number of hydrogen-bond donors (Lipinski definition) is 0. The Hall–Kier alpha value is -1.38. The van der Waals surface area contributed by atoms with Crippen LogP contribution < -0.4 is 0 Å². The molecule has 1 saturated heterocycles. The van der Waals surface area contributed by atoms with Crippen molar-refractivity contribution in [2.75, 3.05) is 13.1 Å². The van der Waals surface area contributed by atoms with E-state index < -0.39 is 10.0 Å². The second kappa shape index (κ2) is 5.72. The lowest BCUT2D eigenvalue weighted by atomic mass is 10.0. The predicted molar refractivity (Wildman–Crippen MR) is 73.8 cm³/mol. The van der Waals surface area contributed by atoms with Crippen LogP contribution >= 0.6 is 0 Å². The van der Waals surface area contributed by atoms with Gasteiger partial charge >= 0.3 is 0 Å². The molecule has 102 valence electrons. The quantitative estimate of drug-likeness (QED) is 0.851. The third kappa shape index (κ3) is 3.55. The maximum absolute atomic E-state index is 12.3. The first kappa shape index (κ1) is 14.0. The van der Waals surface area contributed by atoms with Crippen molar-refractivity contribution in [3.8, 4) is 6.07 Å². The number of nitriles is 1. The van der Waals surface area contributed by atoms with Crippen LogP contribution in [0.2, 0.25) is 0 Å². The molecule has 1 fully saturated rings. The minimum atomic E-state index is -3.24. The first-order valence-electron chi connectivity index (χ1n) is 6.48. The molecule has 4 nitrogen and oxygen atoms in total. The van der Waals surface area contributed by atoms with Crippen molar-refractivity contribution in [3.63, 3.8) is 0 Å². The van der Waals surface area contributed by atoms with E-state index in [1.54, 1.807) is 28.6 Å². The Labute approximate surface area is 114 Å². The molecule has 0 aromatic heterocycles. The largest absolute Gasteiger partial charge is 0.218 e. The molecule has 0 amide bonds. The standard InChI is InChI=1S/C14H18N2O2S/c1-12-3-2-8-16(10-12)19(17,18)11-14-6-4-13(9-15)5-7-14/h4-7,12H,2-3,8,10-11H2,1H3/t12-/m0/s1. The highest BCUT2D eigenvalue weighted by molar-refractivity contribution is 7.88. The fourth-order valence-corrected chi connectivity index (χ4v) is 4.06. The summed E-state index contributed by atoms with van der Waals surface area (Å²) in [7, 11) is -3.24. The molecule has 0 aliphatic carbocycles. The SMILES string of the molecule is C[C@H]1CCCN(S(=O)(=O)Cc2ccc(C#N)cc2)C1. The van der Waals surface area contributed by atoms with Crippen LogP contribution in [0, 0.1) is 17.2 Å². The number of hydrogen-bond acceptors (Lipinski definition) is 3. The van der Waals surface area contributed by atoms with E-state index in [1.165, 1.54) is 0 Å². The van der Waals surface area contributed by atoms with Gasteiger partial charge in [0, 0.05) is 13.1 Å². The predicted octanol–water partition coefficient (Wildman–Crippen LogP) is 2.12. The molecule has 0 bridgehead atoms. The van der Waals surface area contributed by atoms with Crippen LogP contribution in [-0.2, 0) is 15.8 Å². The zero-order chi connectivity index (χ0) is 13.9. The van der Waals surface area contributed by atoms with Gasteiger partial charge in [0.2, 0.25) is 10.0 Å². The van der Waals surface area contributed by atoms with Gasteiger partial charge < -0.3 is 0 Å². The third-order valence-electron chi connectivity index (χ3n) is 3.45. The van der Waals surface area contributed by atoms with Crippen molar-refractivity contribution in [1.82, 2.24) is 4.31 Å². The monoisotopic (exact) mass is 278 g/mol. The van der Waals surface area contributed by atoms with E-state index in [2.05, 4.69) is 6.92 Å². The van der Waals surface area contributed by atoms with E-state index in [0.717, 1.165) is 18.4 Å². The van der Waals surface area contributed by atoms with Crippen molar-refractivity contribution >= 4 is 10.0 Å². The van der Waals surface area contributed by atoms with E-state index in [1.807, 2.05) is 6.07 Å². The van der Waals surface area contributed by atoms with E-state index in [4.69, 9.17) is 5.26 Å². The normalized spacial score (nSPS) is 20.9. The molecular formula is C14H18N2O2S. The molecule has 0 spiro atoms. The fraction of sp³-hybridized carbons (Fsp3) is 0.500. The minimum absolute atomic E-state index is 0.0193. The van der Waals surface area contributed by atoms with E-state index in [9.17, 15) is 8.42 Å². The second-order valence-corrected chi connectivity index (χ2v) is 7.14. The topological polar surface area (TPSA) is 61.2 Å². The number of sulfonamides is 1. The highest BCUT2D eigenvalue weighted by atomic mass is 32.2. The van der Waals surface area contributed by atoms with Crippen molar-refractivity contribution in [2.24, 2.45) is 5.92 Å². The van der Waals surface area contributed by atoms with Gasteiger partial charge in [0.25, 0.3) is 0 Å². The molecule has 1 aliphatic rings. The lowest BCUT2D eigenvalue weighted by Crippen LogP contribution is -2.39. The first-order chi connectivity index (χ1) is 9.01. The lowest BCUT2D eigenvalue weighted by Gasteiger charge is -2.30. The third-order valence-corrected chi connectivity index (χ3v) is 5.26. The smallest absolute Gasteiger partial charge is 0.212 e. The van der Waals surface area contributed by atoms with Crippen LogP contribution in [0.25, 0.3) is 0 Å². The average molecular weight is 278 g/mol. The second-order valence-electron chi connectivity index (χ2n) is 5.17. The molecular weight excluding hydrogens is 260 g/mol. The van der Waals surface area contributed by atoms with E-state index in [-0.39, 0.29) is 5.75 Å². The Kier molecular flexibility index (Phi) is 4.23. The van der Waals surface area contributed by atoms with Gasteiger partial charge in [-0.05, 0) is 36.5 Å². The van der Waals surface area contributed by atoms with Gasteiger partial charge in [-0.1, -0.05) is 19.1 Å². The minimum Gasteiger partial charge on any atom is -0.212 e. The summed E-state index contributed by atoms with van der Waals surface area (Å²) >= 11 is 0. The molecule has 0 unspecified atom stereocenters. The summed E-state index contributed by atoms with van der Waals surface area (Å²) in [5.74, 6) is 0.454. The Morgan fingerprint density at radius 2 is 2.05 bits per heavy atom. The van der Waals surface area contributed by atoms with Crippen LogP contribution in [0.5, 0.6) is 0 Å². The van der Waals surface area contributed by atoms with Crippen molar-refractivity contribution < 1.29 is 8.42 Å². The summed E-state index contributed by atoms with van der Waals surface area (Å²) < 4.78 is 26.2. The van der Waals surface area contributed by atoms with Gasteiger partial charge in [0.05, 0.1) is 17.4 Å². The number of piperidine rings is 1. The van der Waals surface area contributed by atoms with Crippen molar-refractivity contribution in [2.45, 2.75) is 25.5 Å². The van der Waals surface area contributed by atoms with Crippen LogP contribution in [0.4, 0.5) is 0 Å². The average Bonchev–Trinajstić information content (AvgIpc) is 2.39. The molecule has 5 heteroatoms. The summed E-state index contributed by atoms with van der Waals surface area (Å²) in [6, 6.07) is 8.76. The summed E-state index contributed by atoms with van der Waals surface area (Å²) in [4.78, 5) is 0. The van der Waals surface area contributed by atoms with E-state index >= 15 is 0 Å². The van der Waals surface area contributed by atoms with Gasteiger partial charge in [0.1, 0.15) is 0 Å². The van der Waals surface area contributed by atoms with Gasteiger partial charge in [0.15, 0.2) is 0 Å². The van der Waals surface area contributed by atoms with Gasteiger partial charge in [-0.15, -0.1) is 0 Å². The molecule has 2 rings (SSSR count). The molecule has 1 heterocycles. The van der Waals surface area contributed by atoms with Crippen LogP contribution in [0.3, 0.4) is 0 Å². The Morgan fingerprint density at radius 1 is 1.37 bits per heavy atom. The first-order valence-corrected chi connectivity index (χ1v) is 8.09. The lowest BCUT2D eigenvalue weighted by molar-refractivity contribution is 0.281. The zero-order valence-electron chi connectivity index (χ0n) is 11.0. The Morgan fingerprint density at radius 3 is 2.63 bits per heavy atom. The fourth-order valence-electron chi connectivity index (χ4n) is 2.38. The summed E-state index contributed by atoms with van der Waals surface area (Å²) in [5.41, 5.74) is 1.28. The number of benzene rings is 1. The van der Waals surface area contributed by atoms with Gasteiger partial charge in [-0.25, -0.2) is 12.7 Å². The maximum Gasteiger partial charge on any atom is 0.218 e. The molecule has 0 N–H and O–H groups in total. The summed E-state index contributed by atoms with van der Waals surface area (Å²) in [6.07, 6.45) is 2.04. The molecule has 0 radical (unpaired) electrons.